The number of hydrogen-bond donors (Lipinski definition) is 2. The number of aromatic hydroxyl groups is 1. The number of esters is 1. The fourth-order valence-corrected chi connectivity index (χ4v) is 5.94. The van der Waals surface area contributed by atoms with Gasteiger partial charge in [-0.1, -0.05) is 24.3 Å². The normalized spacial score (nSPS) is 13.9. The summed E-state index contributed by atoms with van der Waals surface area (Å²) in [5.74, 6) is -1.22. The highest BCUT2D eigenvalue weighted by Gasteiger charge is 2.35. The van der Waals surface area contributed by atoms with Crippen molar-refractivity contribution in [1.82, 2.24) is 0 Å². The van der Waals surface area contributed by atoms with Crippen molar-refractivity contribution in [1.29, 1.82) is 0 Å². The van der Waals surface area contributed by atoms with E-state index in [2.05, 4.69) is 31.9 Å². The quantitative estimate of drug-likeness (QED) is 0.129. The van der Waals surface area contributed by atoms with E-state index in [1.807, 2.05) is 31.3 Å². The molecule has 0 aliphatic heterocycles. The van der Waals surface area contributed by atoms with E-state index in [9.17, 15) is 19.5 Å². The van der Waals surface area contributed by atoms with Crippen molar-refractivity contribution in [2.75, 3.05) is 19.8 Å². The first-order valence-corrected chi connectivity index (χ1v) is 14.4. The standard InChI is InChI=1S/C30H29Br2NO7/c1-16(14-39-17(2)15-40-18(3)34)38-11-10-19-12-22(31)28(23(32)13-19)33-24-8-9-25(35)27-26(24)29(36)20-6-4-5-7-21(20)30(27)37/h4-9,12-13,16-17,33,35H,10-11,14-15H2,1-3H3/p+1. The van der Waals surface area contributed by atoms with E-state index in [-0.39, 0.29) is 53.2 Å². The maximum Gasteiger partial charge on any atom is 0.302 e. The number of phenols is 1. The SMILES string of the molecule is CC(=O)OCC(C)OCC(C)OCCc1cc(Br)c([NH2+]c2ccc(O)c3c2C(=O)c2ccccc2C3=O)c(Br)c1. The van der Waals surface area contributed by atoms with Crippen molar-refractivity contribution in [2.45, 2.75) is 39.4 Å². The molecule has 2 unspecified atom stereocenters. The zero-order valence-electron chi connectivity index (χ0n) is 22.3. The number of ketones is 2. The Balaban J connectivity index is 1.43. The van der Waals surface area contributed by atoms with E-state index in [1.165, 1.54) is 13.0 Å². The van der Waals surface area contributed by atoms with Gasteiger partial charge in [-0.3, -0.25) is 19.7 Å². The summed E-state index contributed by atoms with van der Waals surface area (Å²) in [6.45, 7) is 6.19. The second-order valence-corrected chi connectivity index (χ2v) is 11.3. The Kier molecular flexibility index (Phi) is 9.91. The Bertz CT molecular complexity index is 1430. The van der Waals surface area contributed by atoms with Gasteiger partial charge in [-0.2, -0.15) is 0 Å². The molecule has 0 heterocycles. The molecule has 0 spiro atoms. The highest BCUT2D eigenvalue weighted by Crippen LogP contribution is 2.37. The molecule has 4 rings (SSSR count). The fourth-order valence-electron chi connectivity index (χ4n) is 4.43. The van der Waals surface area contributed by atoms with Crippen molar-refractivity contribution in [2.24, 2.45) is 0 Å². The molecule has 1 aliphatic carbocycles. The third kappa shape index (κ3) is 6.87. The van der Waals surface area contributed by atoms with Crippen LogP contribution in [0.5, 0.6) is 5.75 Å². The summed E-state index contributed by atoms with van der Waals surface area (Å²) >= 11 is 7.29. The maximum atomic E-state index is 13.4. The fraction of sp³-hybridized carbons (Fsp3) is 0.300. The van der Waals surface area contributed by atoms with Gasteiger partial charge in [0.2, 0.25) is 5.78 Å². The van der Waals surface area contributed by atoms with Crippen LogP contribution in [-0.4, -0.2) is 54.7 Å². The largest absolute Gasteiger partial charge is 0.507 e. The zero-order chi connectivity index (χ0) is 29.0. The third-order valence-corrected chi connectivity index (χ3v) is 7.77. The first-order valence-electron chi connectivity index (χ1n) is 12.8. The van der Waals surface area contributed by atoms with Crippen molar-refractivity contribution in [3.05, 3.63) is 85.3 Å². The molecule has 3 N–H and O–H groups in total. The van der Waals surface area contributed by atoms with Crippen LogP contribution in [0.25, 0.3) is 0 Å². The van der Waals surface area contributed by atoms with Crippen LogP contribution in [0.2, 0.25) is 0 Å². The van der Waals surface area contributed by atoms with Gasteiger partial charge in [-0.05, 0) is 75.9 Å². The van der Waals surface area contributed by atoms with Crippen LogP contribution in [0.3, 0.4) is 0 Å². The predicted molar refractivity (Wildman–Crippen MR) is 156 cm³/mol. The van der Waals surface area contributed by atoms with E-state index >= 15 is 0 Å². The number of nitrogens with two attached hydrogens (primary N) is 1. The van der Waals surface area contributed by atoms with Crippen LogP contribution in [-0.2, 0) is 25.4 Å². The van der Waals surface area contributed by atoms with Crippen molar-refractivity contribution in [3.8, 4) is 5.75 Å². The van der Waals surface area contributed by atoms with E-state index in [0.29, 0.717) is 36.4 Å². The number of ether oxygens (including phenoxy) is 3. The lowest BCUT2D eigenvalue weighted by atomic mass is 9.82. The van der Waals surface area contributed by atoms with Crippen LogP contribution in [0.15, 0.2) is 57.5 Å². The van der Waals surface area contributed by atoms with Crippen molar-refractivity contribution < 1.29 is 39.0 Å². The average Bonchev–Trinajstić information content (AvgIpc) is 2.92. The molecular weight excluding hydrogens is 646 g/mol. The molecule has 0 fully saturated rings. The van der Waals surface area contributed by atoms with Gasteiger partial charge >= 0.3 is 5.97 Å². The molecule has 0 bridgehead atoms. The van der Waals surface area contributed by atoms with Crippen molar-refractivity contribution in [3.63, 3.8) is 0 Å². The predicted octanol–water partition coefficient (Wildman–Crippen LogP) is 5.14. The summed E-state index contributed by atoms with van der Waals surface area (Å²) < 4.78 is 18.1. The number of carbonyl (C=O) groups excluding carboxylic acids is 3. The number of rotatable bonds is 11. The van der Waals surface area contributed by atoms with Crippen LogP contribution in [0, 0.1) is 0 Å². The summed E-state index contributed by atoms with van der Waals surface area (Å²) in [6, 6.07) is 13.7. The summed E-state index contributed by atoms with van der Waals surface area (Å²) in [7, 11) is 0. The average molecular weight is 676 g/mol. The van der Waals surface area contributed by atoms with E-state index in [1.54, 1.807) is 30.3 Å². The first-order chi connectivity index (χ1) is 19.1. The highest BCUT2D eigenvalue weighted by molar-refractivity contribution is 9.11. The number of phenolic OH excluding ortho intramolecular Hbond substituents is 1. The van der Waals surface area contributed by atoms with Crippen molar-refractivity contribution >= 4 is 60.8 Å². The number of hydrogen-bond acceptors (Lipinski definition) is 7. The smallest absolute Gasteiger partial charge is 0.302 e. The van der Waals surface area contributed by atoms with Gasteiger partial charge in [0.1, 0.15) is 18.0 Å². The molecule has 3 aromatic carbocycles. The molecular formula is C30H30Br2NO7+. The number of carbonyl (C=O) groups is 3. The molecule has 0 radical (unpaired) electrons. The van der Waals surface area contributed by atoms with Gasteiger partial charge in [0.05, 0.1) is 45.5 Å². The van der Waals surface area contributed by atoms with Gasteiger partial charge in [-0.15, -0.1) is 0 Å². The topological polar surface area (TPSA) is 116 Å². The van der Waals surface area contributed by atoms with E-state index in [0.717, 1.165) is 20.2 Å². The lowest BCUT2D eigenvalue weighted by Gasteiger charge is -2.20. The molecule has 3 aromatic rings. The van der Waals surface area contributed by atoms with Gasteiger partial charge < -0.3 is 19.3 Å². The highest BCUT2D eigenvalue weighted by atomic mass is 79.9. The Morgan fingerprint density at radius 2 is 1.50 bits per heavy atom. The van der Waals surface area contributed by atoms with Crippen LogP contribution in [0.1, 0.15) is 58.2 Å². The lowest BCUT2D eigenvalue weighted by molar-refractivity contribution is -0.480. The molecule has 0 amide bonds. The Morgan fingerprint density at radius 1 is 0.900 bits per heavy atom. The van der Waals surface area contributed by atoms with Gasteiger partial charge in [-0.25, -0.2) is 0 Å². The summed E-state index contributed by atoms with van der Waals surface area (Å²) in [6.07, 6.45) is 0.307. The minimum Gasteiger partial charge on any atom is -0.507 e. The van der Waals surface area contributed by atoms with E-state index < -0.39 is 0 Å². The van der Waals surface area contributed by atoms with Gasteiger partial charge in [0.15, 0.2) is 11.5 Å². The second kappa shape index (κ2) is 13.2. The van der Waals surface area contributed by atoms with Crippen LogP contribution >= 0.6 is 31.9 Å². The van der Waals surface area contributed by atoms with Gasteiger partial charge in [0.25, 0.3) is 0 Å². The molecule has 8 nitrogen and oxygen atoms in total. The number of fused-ring (bicyclic) bond motifs is 2. The number of halogens is 2. The zero-order valence-corrected chi connectivity index (χ0v) is 25.5. The summed E-state index contributed by atoms with van der Waals surface area (Å²) in [5, 5.41) is 12.3. The Labute approximate surface area is 249 Å². The van der Waals surface area contributed by atoms with Crippen LogP contribution < -0.4 is 5.32 Å². The lowest BCUT2D eigenvalue weighted by Crippen LogP contribution is -2.72. The third-order valence-electron chi connectivity index (χ3n) is 6.45. The van der Waals surface area contributed by atoms with Crippen LogP contribution in [0.4, 0.5) is 11.4 Å². The minimum absolute atomic E-state index is 0.0253. The molecule has 0 aromatic heterocycles. The Hall–Kier alpha value is -2.89. The second-order valence-electron chi connectivity index (χ2n) is 9.62. The minimum atomic E-state index is -0.370. The van der Waals surface area contributed by atoms with Gasteiger partial charge in [0, 0.05) is 24.1 Å². The maximum absolute atomic E-state index is 13.4. The number of quaternary nitrogens is 1. The molecule has 0 saturated carbocycles. The molecule has 40 heavy (non-hydrogen) atoms. The Morgan fingerprint density at radius 3 is 2.12 bits per heavy atom. The molecule has 0 saturated heterocycles. The summed E-state index contributed by atoms with van der Waals surface area (Å²) in [4.78, 5) is 37.5. The molecule has 10 heteroatoms. The summed E-state index contributed by atoms with van der Waals surface area (Å²) in [5.41, 5.74) is 3.19. The molecule has 210 valence electrons. The first kappa shape index (κ1) is 30.1. The number of benzene rings is 3. The monoisotopic (exact) mass is 674 g/mol. The molecule has 2 atom stereocenters. The molecule has 1 aliphatic rings. The van der Waals surface area contributed by atoms with E-state index in [4.69, 9.17) is 14.2 Å².